The molecule has 7 heteroatoms. The number of amides is 1. The molecule has 2 aromatic rings. The fourth-order valence-electron chi connectivity index (χ4n) is 2.68. The van der Waals surface area contributed by atoms with E-state index in [1.165, 1.54) is 12.1 Å². The third-order valence-electron chi connectivity index (χ3n) is 3.74. The van der Waals surface area contributed by atoms with Gasteiger partial charge in [0.1, 0.15) is 6.07 Å². The van der Waals surface area contributed by atoms with Crippen LogP contribution in [0.25, 0.3) is 0 Å². The monoisotopic (exact) mass is 448 g/mol. The van der Waals surface area contributed by atoms with Crippen LogP contribution in [-0.2, 0) is 9.84 Å². The van der Waals surface area contributed by atoms with E-state index in [2.05, 4.69) is 21.2 Å². The van der Waals surface area contributed by atoms with Crippen molar-refractivity contribution in [3.05, 3.63) is 57.6 Å². The number of benzene rings is 2. The van der Waals surface area contributed by atoms with E-state index in [-0.39, 0.29) is 22.0 Å². The standard InChI is InChI=1S/C20H21BrN2O3S/c1-13-9-14(5-8-18(13)27(25,26)12-20(2,3)4)19(24)23-16-6-7-17(21)15(10-16)11-22/h5-10H,12H2,1-4H3,(H,23,24). The molecule has 0 fully saturated rings. The molecule has 0 saturated heterocycles. The molecular formula is C20H21BrN2O3S. The van der Waals surface area contributed by atoms with Gasteiger partial charge in [0, 0.05) is 15.7 Å². The molecule has 27 heavy (non-hydrogen) atoms. The zero-order valence-corrected chi connectivity index (χ0v) is 18.0. The Bertz CT molecular complexity index is 1030. The molecule has 1 amide bonds. The maximum absolute atomic E-state index is 12.6. The highest BCUT2D eigenvalue weighted by atomic mass is 79.9. The first-order valence-corrected chi connectivity index (χ1v) is 10.7. The number of hydrogen-bond donors (Lipinski definition) is 1. The number of aryl methyl sites for hydroxylation is 1. The van der Waals surface area contributed by atoms with Crippen LogP contribution in [0.15, 0.2) is 45.8 Å². The van der Waals surface area contributed by atoms with Crippen LogP contribution in [0.3, 0.4) is 0 Å². The highest BCUT2D eigenvalue weighted by Crippen LogP contribution is 2.25. The van der Waals surface area contributed by atoms with Crippen molar-refractivity contribution in [2.45, 2.75) is 32.6 Å². The van der Waals surface area contributed by atoms with Crippen molar-refractivity contribution in [3.63, 3.8) is 0 Å². The molecule has 2 rings (SSSR count). The molecule has 0 spiro atoms. The van der Waals surface area contributed by atoms with E-state index in [1.54, 1.807) is 31.2 Å². The lowest BCUT2D eigenvalue weighted by Gasteiger charge is -2.19. The van der Waals surface area contributed by atoms with E-state index in [0.29, 0.717) is 26.9 Å². The number of carbonyl (C=O) groups is 1. The predicted molar refractivity (Wildman–Crippen MR) is 109 cm³/mol. The molecular weight excluding hydrogens is 428 g/mol. The molecule has 0 aliphatic carbocycles. The van der Waals surface area contributed by atoms with E-state index in [9.17, 15) is 13.2 Å². The highest BCUT2D eigenvalue weighted by molar-refractivity contribution is 9.10. The summed E-state index contributed by atoms with van der Waals surface area (Å²) < 4.78 is 25.9. The lowest BCUT2D eigenvalue weighted by atomic mass is 10.0. The second-order valence-corrected chi connectivity index (χ2v) is 10.4. The van der Waals surface area contributed by atoms with E-state index in [4.69, 9.17) is 5.26 Å². The summed E-state index contributed by atoms with van der Waals surface area (Å²) >= 11 is 3.27. The van der Waals surface area contributed by atoms with Gasteiger partial charge in [-0.2, -0.15) is 5.26 Å². The first-order chi connectivity index (χ1) is 12.4. The van der Waals surface area contributed by atoms with E-state index >= 15 is 0 Å². The van der Waals surface area contributed by atoms with Gasteiger partial charge in [0.15, 0.2) is 9.84 Å². The predicted octanol–water partition coefficient (Wildman–Crippen LogP) is 4.70. The lowest BCUT2D eigenvalue weighted by molar-refractivity contribution is 0.102. The van der Waals surface area contributed by atoms with Gasteiger partial charge in [-0.05, 0) is 70.2 Å². The third-order valence-corrected chi connectivity index (χ3v) is 6.81. The first-order valence-electron chi connectivity index (χ1n) is 8.27. The van der Waals surface area contributed by atoms with E-state index in [0.717, 1.165) is 0 Å². The minimum absolute atomic E-state index is 0.0300. The number of halogens is 1. The van der Waals surface area contributed by atoms with Crippen molar-refractivity contribution in [3.8, 4) is 6.07 Å². The van der Waals surface area contributed by atoms with Gasteiger partial charge in [-0.3, -0.25) is 4.79 Å². The molecule has 1 N–H and O–H groups in total. The van der Waals surface area contributed by atoms with Crippen LogP contribution in [0.2, 0.25) is 0 Å². The van der Waals surface area contributed by atoms with Crippen molar-refractivity contribution in [2.24, 2.45) is 5.41 Å². The topological polar surface area (TPSA) is 87.0 Å². The molecule has 0 unspecified atom stereocenters. The molecule has 0 atom stereocenters. The van der Waals surface area contributed by atoms with Crippen molar-refractivity contribution in [2.75, 3.05) is 11.1 Å². The number of sulfone groups is 1. The fourth-order valence-corrected chi connectivity index (χ4v) is 5.14. The highest BCUT2D eigenvalue weighted by Gasteiger charge is 2.25. The van der Waals surface area contributed by atoms with Gasteiger partial charge in [0.25, 0.3) is 5.91 Å². The fraction of sp³-hybridized carbons (Fsp3) is 0.300. The number of hydrogen-bond acceptors (Lipinski definition) is 4. The Kier molecular flexibility index (Phi) is 6.13. The SMILES string of the molecule is Cc1cc(C(=O)Nc2ccc(Br)c(C#N)c2)ccc1S(=O)(=O)CC(C)(C)C. The Balaban J connectivity index is 2.27. The summed E-state index contributed by atoms with van der Waals surface area (Å²) in [4.78, 5) is 12.7. The number of nitrogens with one attached hydrogen (secondary N) is 1. The average Bonchev–Trinajstić information content (AvgIpc) is 2.54. The largest absolute Gasteiger partial charge is 0.322 e. The molecule has 142 valence electrons. The summed E-state index contributed by atoms with van der Waals surface area (Å²) in [5.41, 5.74) is 1.42. The Labute approximate surface area is 168 Å². The minimum Gasteiger partial charge on any atom is -0.322 e. The van der Waals surface area contributed by atoms with Gasteiger partial charge >= 0.3 is 0 Å². The van der Waals surface area contributed by atoms with Crippen LogP contribution in [0, 0.1) is 23.7 Å². The smallest absolute Gasteiger partial charge is 0.255 e. The van der Waals surface area contributed by atoms with Gasteiger partial charge in [0.05, 0.1) is 16.2 Å². The Morgan fingerprint density at radius 2 is 1.85 bits per heavy atom. The number of carbonyl (C=O) groups excluding carboxylic acids is 1. The minimum atomic E-state index is -3.44. The van der Waals surface area contributed by atoms with Crippen LogP contribution in [0.4, 0.5) is 5.69 Å². The van der Waals surface area contributed by atoms with Crippen molar-refractivity contribution in [1.82, 2.24) is 0 Å². The molecule has 0 saturated carbocycles. The molecule has 0 aliphatic rings. The van der Waals surface area contributed by atoms with Gasteiger partial charge in [-0.1, -0.05) is 20.8 Å². The molecule has 0 heterocycles. The molecule has 2 aromatic carbocycles. The summed E-state index contributed by atoms with van der Waals surface area (Å²) in [6.07, 6.45) is 0. The molecule has 0 aliphatic heterocycles. The second-order valence-electron chi connectivity index (χ2n) is 7.56. The average molecular weight is 449 g/mol. The number of nitrogens with zero attached hydrogens (tertiary/aromatic N) is 1. The van der Waals surface area contributed by atoms with Crippen molar-refractivity contribution < 1.29 is 13.2 Å². The van der Waals surface area contributed by atoms with Crippen molar-refractivity contribution in [1.29, 1.82) is 5.26 Å². The Morgan fingerprint density at radius 3 is 2.41 bits per heavy atom. The number of rotatable bonds is 4. The van der Waals surface area contributed by atoms with Crippen LogP contribution < -0.4 is 5.32 Å². The van der Waals surface area contributed by atoms with Gasteiger partial charge in [0.2, 0.25) is 0 Å². The molecule has 5 nitrogen and oxygen atoms in total. The van der Waals surface area contributed by atoms with Crippen LogP contribution >= 0.6 is 15.9 Å². The second kappa shape index (κ2) is 7.83. The molecule has 0 bridgehead atoms. The zero-order valence-electron chi connectivity index (χ0n) is 15.6. The van der Waals surface area contributed by atoms with E-state index < -0.39 is 9.84 Å². The van der Waals surface area contributed by atoms with Gasteiger partial charge in [-0.25, -0.2) is 8.42 Å². The summed E-state index contributed by atoms with van der Waals surface area (Å²) in [6.45, 7) is 7.29. The summed E-state index contributed by atoms with van der Waals surface area (Å²) in [7, 11) is -3.44. The normalized spacial score (nSPS) is 11.7. The molecule has 0 aromatic heterocycles. The Morgan fingerprint density at radius 1 is 1.19 bits per heavy atom. The number of nitriles is 1. The van der Waals surface area contributed by atoms with Crippen molar-refractivity contribution >= 4 is 37.4 Å². The number of anilines is 1. The zero-order chi connectivity index (χ0) is 20.4. The van der Waals surface area contributed by atoms with E-state index in [1.807, 2.05) is 26.8 Å². The summed E-state index contributed by atoms with van der Waals surface area (Å²) in [6, 6.07) is 11.5. The lowest BCUT2D eigenvalue weighted by Crippen LogP contribution is -2.21. The Hall–Kier alpha value is -2.17. The third kappa shape index (κ3) is 5.41. The summed E-state index contributed by atoms with van der Waals surface area (Å²) in [5, 5.41) is 11.8. The first kappa shape index (κ1) is 21.1. The van der Waals surface area contributed by atoms with Crippen LogP contribution in [0.5, 0.6) is 0 Å². The summed E-state index contributed by atoms with van der Waals surface area (Å²) in [5.74, 6) is -0.341. The quantitative estimate of drug-likeness (QED) is 0.733. The maximum Gasteiger partial charge on any atom is 0.255 e. The van der Waals surface area contributed by atoms with Gasteiger partial charge in [-0.15, -0.1) is 0 Å². The van der Waals surface area contributed by atoms with Crippen LogP contribution in [-0.4, -0.2) is 20.1 Å². The maximum atomic E-state index is 12.6. The van der Waals surface area contributed by atoms with Crippen LogP contribution in [0.1, 0.15) is 42.3 Å². The van der Waals surface area contributed by atoms with Gasteiger partial charge < -0.3 is 5.32 Å². The molecule has 0 radical (unpaired) electrons.